The Labute approximate surface area is 342 Å². The number of carboxylic acids is 1. The van der Waals surface area contributed by atoms with Gasteiger partial charge in [0.15, 0.2) is 12.0 Å². The highest BCUT2D eigenvalue weighted by Gasteiger charge is 2.29. The molecule has 4 aromatic rings. The van der Waals surface area contributed by atoms with Crippen molar-refractivity contribution >= 4 is 46.5 Å². The van der Waals surface area contributed by atoms with Crippen LogP contribution in [0.3, 0.4) is 0 Å². The van der Waals surface area contributed by atoms with Gasteiger partial charge in [-0.1, -0.05) is 48.5 Å². The fourth-order valence-electron chi connectivity index (χ4n) is 7.10. The number of ether oxygens (including phenoxy) is 4. The van der Waals surface area contributed by atoms with E-state index in [-0.39, 0.29) is 72.8 Å². The maximum Gasteiger partial charge on any atom is 0.407 e. The van der Waals surface area contributed by atoms with Gasteiger partial charge >= 0.3 is 18.0 Å². The van der Waals surface area contributed by atoms with Crippen LogP contribution in [0.15, 0.2) is 112 Å². The van der Waals surface area contributed by atoms with Crippen LogP contribution in [-0.4, -0.2) is 81.1 Å². The number of aliphatic carboxylic acids is 1. The van der Waals surface area contributed by atoms with Crippen molar-refractivity contribution < 1.29 is 57.7 Å². The third kappa shape index (κ3) is 9.27. The molecular weight excluding hydrogens is 775 g/mol. The van der Waals surface area contributed by atoms with Crippen LogP contribution in [0.25, 0.3) is 44.5 Å². The summed E-state index contributed by atoms with van der Waals surface area (Å²) in [5.74, 6) is -2.61. The van der Waals surface area contributed by atoms with Crippen LogP contribution in [-0.2, 0) is 23.8 Å². The van der Waals surface area contributed by atoms with Crippen molar-refractivity contribution in [1.29, 1.82) is 0 Å². The lowest BCUT2D eigenvalue weighted by atomic mass is 9.90. The summed E-state index contributed by atoms with van der Waals surface area (Å²) >= 11 is 0. The number of nitrogens with one attached hydrogen (secondary N) is 3. The molecule has 0 unspecified atom stereocenters. The smallest absolute Gasteiger partial charge is 0.407 e. The van der Waals surface area contributed by atoms with E-state index in [4.69, 9.17) is 23.4 Å². The molecule has 60 heavy (non-hydrogen) atoms. The van der Waals surface area contributed by atoms with Crippen molar-refractivity contribution in [1.82, 2.24) is 10.6 Å². The third-order valence-electron chi connectivity index (χ3n) is 9.63. The molecule has 0 aromatic heterocycles. The number of benzene rings is 5. The summed E-state index contributed by atoms with van der Waals surface area (Å²) in [5, 5.41) is 27.5. The molecule has 306 valence electrons. The second-order valence-electron chi connectivity index (χ2n) is 13.6. The molecule has 4 N–H and O–H groups in total. The van der Waals surface area contributed by atoms with Crippen LogP contribution in [0, 0.1) is 0 Å². The van der Waals surface area contributed by atoms with Gasteiger partial charge < -0.3 is 49.0 Å². The monoisotopic (exact) mass is 813 g/mol. The molecule has 0 atom stereocenters. The van der Waals surface area contributed by atoms with Crippen molar-refractivity contribution in [3.05, 3.63) is 130 Å². The van der Waals surface area contributed by atoms with E-state index in [9.17, 15) is 34.2 Å². The molecule has 2 amide bonds. The number of aliphatic hydroxyl groups is 1. The third-order valence-corrected chi connectivity index (χ3v) is 9.63. The molecule has 0 spiro atoms. The fraction of sp³-hybridized carbons (Fsp3) is 0.200. The first-order chi connectivity index (χ1) is 29.1. The largest absolute Gasteiger partial charge is 0.546 e. The number of carboxylic acid groups (broad SMARTS) is 1. The highest BCUT2D eigenvalue weighted by atomic mass is 16.5. The van der Waals surface area contributed by atoms with E-state index in [1.54, 1.807) is 31.2 Å². The number of carbonyl (C=O) groups is 4. The topological polar surface area (TPSA) is 217 Å². The predicted molar refractivity (Wildman–Crippen MR) is 216 cm³/mol. The lowest BCUT2D eigenvalue weighted by Crippen LogP contribution is -2.67. The van der Waals surface area contributed by atoms with E-state index in [0.717, 1.165) is 22.3 Å². The van der Waals surface area contributed by atoms with E-state index in [0.29, 0.717) is 27.8 Å². The number of alkyl carbamates (subject to hydrolysis) is 1. The summed E-state index contributed by atoms with van der Waals surface area (Å²) in [4.78, 5) is 64.3. The summed E-state index contributed by atoms with van der Waals surface area (Å²) in [6, 6.07) is 29.5. The van der Waals surface area contributed by atoms with E-state index >= 15 is 0 Å². The van der Waals surface area contributed by atoms with Crippen LogP contribution in [0.5, 0.6) is 5.75 Å². The molecule has 0 bridgehead atoms. The zero-order valence-electron chi connectivity index (χ0n) is 32.3. The molecule has 4 aromatic carbocycles. The molecule has 1 heterocycles. The first kappa shape index (κ1) is 40.7. The Hall–Kier alpha value is -7.52. The normalized spacial score (nSPS) is 12.1. The van der Waals surface area contributed by atoms with Crippen LogP contribution < -0.4 is 30.9 Å². The van der Waals surface area contributed by atoms with Gasteiger partial charge in [0.1, 0.15) is 36.9 Å². The quantitative estimate of drug-likeness (QED) is 0.0365. The van der Waals surface area contributed by atoms with Gasteiger partial charge in [-0.25, -0.2) is 9.59 Å². The average Bonchev–Trinajstić information content (AvgIpc) is 3.56. The Bertz CT molecular complexity index is 2610. The number of hydrogen-bond acceptors (Lipinski definition) is 11. The SMILES string of the molecule is CCOC(=O)c1ccc([NH+]=C(O)COCC(=O)NCCNC(=O)OCC2c3ccccc3-c3ccccc32)cc1-c1c2ccc(=O)cc-2oc2cc(OCC(=O)[O-])ccc12. The average molecular weight is 814 g/mol. The fourth-order valence-corrected chi connectivity index (χ4v) is 7.10. The number of esters is 1. The summed E-state index contributed by atoms with van der Waals surface area (Å²) in [6.07, 6.45) is -0.610. The minimum atomic E-state index is -1.42. The minimum absolute atomic E-state index is 0.0777. The zero-order chi connectivity index (χ0) is 42.2. The molecule has 2 aliphatic carbocycles. The van der Waals surface area contributed by atoms with Crippen molar-refractivity contribution in [3.63, 3.8) is 0 Å². The van der Waals surface area contributed by atoms with Crippen molar-refractivity contribution in [2.45, 2.75) is 12.8 Å². The van der Waals surface area contributed by atoms with Gasteiger partial charge in [0.2, 0.25) is 11.6 Å². The lowest BCUT2D eigenvalue weighted by Gasteiger charge is -2.18. The van der Waals surface area contributed by atoms with Gasteiger partial charge in [-0.3, -0.25) is 9.59 Å². The van der Waals surface area contributed by atoms with E-state index in [2.05, 4.69) is 27.8 Å². The highest BCUT2D eigenvalue weighted by molar-refractivity contribution is 6.08. The molecule has 1 aliphatic heterocycles. The minimum Gasteiger partial charge on any atom is -0.546 e. The van der Waals surface area contributed by atoms with Gasteiger partial charge in [-0.05, 0) is 59.5 Å². The molecule has 0 saturated carbocycles. The predicted octanol–water partition coefficient (Wildman–Crippen LogP) is 3.21. The van der Waals surface area contributed by atoms with Crippen molar-refractivity contribution in [2.24, 2.45) is 0 Å². The van der Waals surface area contributed by atoms with Crippen molar-refractivity contribution in [2.75, 3.05) is 46.1 Å². The first-order valence-corrected chi connectivity index (χ1v) is 19.0. The highest BCUT2D eigenvalue weighted by Crippen LogP contribution is 2.45. The van der Waals surface area contributed by atoms with Gasteiger partial charge in [-0.15, -0.1) is 0 Å². The molecular formula is C45H39N3O12. The number of rotatable bonds is 16. The van der Waals surface area contributed by atoms with E-state index in [1.807, 2.05) is 36.4 Å². The Kier molecular flexibility index (Phi) is 12.5. The van der Waals surface area contributed by atoms with Crippen molar-refractivity contribution in [3.8, 4) is 39.3 Å². The van der Waals surface area contributed by atoms with Gasteiger partial charge in [0.25, 0.3) is 0 Å². The maximum absolute atomic E-state index is 13.3. The second-order valence-corrected chi connectivity index (χ2v) is 13.6. The van der Waals surface area contributed by atoms with Crippen LogP contribution >= 0.6 is 0 Å². The molecule has 0 fully saturated rings. The lowest BCUT2D eigenvalue weighted by molar-refractivity contribution is -0.368. The van der Waals surface area contributed by atoms with E-state index < -0.39 is 37.2 Å². The summed E-state index contributed by atoms with van der Waals surface area (Å²) in [5.41, 5.74) is 6.14. The number of carbonyl (C=O) groups excluding carboxylic acids is 4. The number of hydrogen-bond donors (Lipinski definition) is 4. The Morgan fingerprint density at radius 3 is 2.25 bits per heavy atom. The standard InChI is InChI=1S/C45H39N3O12/c1-2-57-44(54)33-14-11-26(19-36(33)43-34-15-12-27(49)20-38(34)60-39-21-28(13-16-35(39)43)58-25-42(52)53)48-41(51)24-56-23-40(50)46-17-18-47-45(55)59-22-37-31-9-5-3-7-29(31)30-8-4-6-10-32(30)37/h3-16,19-21,37H,2,17-18,22-25H2,1H3,(H,46,50)(H,47,55)(H,48,51)(H,52,53). The zero-order valence-corrected chi connectivity index (χ0v) is 32.3. The van der Waals surface area contributed by atoms with Gasteiger partial charge in [-0.2, -0.15) is 4.99 Å². The van der Waals surface area contributed by atoms with Gasteiger partial charge in [0, 0.05) is 65.3 Å². The Morgan fingerprint density at radius 2 is 1.52 bits per heavy atom. The van der Waals surface area contributed by atoms with Crippen LogP contribution in [0.4, 0.5) is 10.5 Å². The molecule has 0 radical (unpaired) electrons. The first-order valence-electron chi connectivity index (χ1n) is 19.0. The molecule has 15 nitrogen and oxygen atoms in total. The second kappa shape index (κ2) is 18.4. The molecule has 3 aliphatic rings. The van der Waals surface area contributed by atoms with Crippen LogP contribution in [0.1, 0.15) is 34.3 Å². The number of aliphatic hydroxyl groups excluding tert-OH is 1. The maximum atomic E-state index is 13.3. The Balaban J connectivity index is 0.971. The summed E-state index contributed by atoms with van der Waals surface area (Å²) < 4.78 is 27.6. The summed E-state index contributed by atoms with van der Waals surface area (Å²) in [6.45, 7) is 0.671. The van der Waals surface area contributed by atoms with E-state index in [1.165, 1.54) is 30.3 Å². The summed E-state index contributed by atoms with van der Waals surface area (Å²) in [7, 11) is 0. The Morgan fingerprint density at radius 1 is 0.783 bits per heavy atom. The van der Waals surface area contributed by atoms with Gasteiger partial charge in [0.05, 0.1) is 18.1 Å². The molecule has 7 rings (SSSR count). The molecule has 0 saturated heterocycles. The number of fused-ring (bicyclic) bond motifs is 5. The van der Waals surface area contributed by atoms with Crippen LogP contribution in [0.2, 0.25) is 0 Å². The molecule has 15 heteroatoms. The number of amides is 2.